The number of Topliss-reactive ketones (excluding diaryl/α,β-unsaturated/α-hetero) is 1. The van der Waals surface area contributed by atoms with Crippen molar-refractivity contribution in [2.45, 2.75) is 18.3 Å². The number of hydrogen-bond donors (Lipinski definition) is 1. The van der Waals surface area contributed by atoms with Gasteiger partial charge in [0, 0.05) is 5.92 Å². The maximum Gasteiger partial charge on any atom is 0.335 e. The fraction of sp³-hybridized carbons (Fsp3) is 0.185. The number of imide groups is 1. The van der Waals surface area contributed by atoms with Crippen LogP contribution in [-0.2, 0) is 19.8 Å². The van der Waals surface area contributed by atoms with Gasteiger partial charge in [0.25, 0.3) is 0 Å². The second-order valence-corrected chi connectivity index (χ2v) is 8.88. The minimum Gasteiger partial charge on any atom is -0.478 e. The lowest BCUT2D eigenvalue weighted by atomic mass is 9.46. The molecule has 3 aromatic rings. The smallest absolute Gasteiger partial charge is 0.335 e. The van der Waals surface area contributed by atoms with Gasteiger partial charge >= 0.3 is 5.97 Å². The minimum absolute atomic E-state index is 0.0651. The van der Waals surface area contributed by atoms with E-state index in [-0.39, 0.29) is 23.2 Å². The van der Waals surface area contributed by atoms with E-state index in [9.17, 15) is 24.3 Å². The van der Waals surface area contributed by atoms with E-state index in [2.05, 4.69) is 0 Å². The standard InChI is InChI=1S/C27H19NO5/c1-14(29)27-19-8-4-2-6-17(19)21(18-7-3-5-9-20(18)27)22-23(27)25(31)28(24(22)30)16-12-10-15(11-13-16)26(32)33/h2-13,21-23H,1H3,(H,32,33)/t21?,22-,23+,27?/m0/s1. The zero-order valence-electron chi connectivity index (χ0n) is 17.7. The number of rotatable bonds is 3. The van der Waals surface area contributed by atoms with E-state index in [0.717, 1.165) is 27.2 Å². The van der Waals surface area contributed by atoms with Crippen molar-refractivity contribution in [1.82, 2.24) is 0 Å². The van der Waals surface area contributed by atoms with Gasteiger partial charge in [-0.05, 0) is 53.4 Å². The van der Waals surface area contributed by atoms with Gasteiger partial charge in [-0.15, -0.1) is 0 Å². The first kappa shape index (κ1) is 19.6. The molecule has 1 aliphatic heterocycles. The largest absolute Gasteiger partial charge is 0.478 e. The zero-order chi connectivity index (χ0) is 23.1. The maximum atomic E-state index is 13.9. The van der Waals surface area contributed by atoms with Crippen LogP contribution in [0, 0.1) is 11.8 Å². The van der Waals surface area contributed by atoms with Crippen LogP contribution in [0.15, 0.2) is 72.8 Å². The fourth-order valence-corrected chi connectivity index (χ4v) is 6.38. The van der Waals surface area contributed by atoms with Crippen molar-refractivity contribution in [3.8, 4) is 0 Å². The number of nitrogens with zero attached hydrogens (tertiary/aromatic N) is 1. The Bertz CT molecular complexity index is 1340. The first-order valence-electron chi connectivity index (χ1n) is 10.8. The summed E-state index contributed by atoms with van der Waals surface area (Å²) in [5, 5.41) is 9.20. The molecule has 2 atom stereocenters. The molecule has 4 aliphatic rings. The third kappa shape index (κ3) is 2.22. The highest BCUT2D eigenvalue weighted by Gasteiger charge is 2.69. The number of hydrogen-bond acceptors (Lipinski definition) is 4. The first-order valence-corrected chi connectivity index (χ1v) is 10.8. The predicted octanol–water partition coefficient (Wildman–Crippen LogP) is 3.52. The van der Waals surface area contributed by atoms with Gasteiger partial charge in [0.2, 0.25) is 11.8 Å². The van der Waals surface area contributed by atoms with Crippen molar-refractivity contribution in [3.63, 3.8) is 0 Å². The zero-order valence-corrected chi connectivity index (χ0v) is 17.7. The lowest BCUT2D eigenvalue weighted by Crippen LogP contribution is -2.57. The van der Waals surface area contributed by atoms with Crippen molar-refractivity contribution >= 4 is 29.3 Å². The average molecular weight is 437 g/mol. The van der Waals surface area contributed by atoms with E-state index in [4.69, 9.17) is 0 Å². The van der Waals surface area contributed by atoms with E-state index in [1.54, 1.807) is 0 Å². The Morgan fingerprint density at radius 2 is 1.36 bits per heavy atom. The molecule has 33 heavy (non-hydrogen) atoms. The van der Waals surface area contributed by atoms with Crippen LogP contribution in [-0.4, -0.2) is 28.7 Å². The molecular weight excluding hydrogens is 418 g/mol. The molecule has 162 valence electrons. The minimum atomic E-state index is -1.24. The summed E-state index contributed by atoms with van der Waals surface area (Å²) < 4.78 is 0. The van der Waals surface area contributed by atoms with Crippen LogP contribution in [0.2, 0.25) is 0 Å². The molecule has 0 saturated carbocycles. The molecule has 1 heterocycles. The van der Waals surface area contributed by atoms with Gasteiger partial charge in [-0.2, -0.15) is 0 Å². The summed E-state index contributed by atoms with van der Waals surface area (Å²) in [6.45, 7) is 1.50. The van der Waals surface area contributed by atoms with E-state index >= 15 is 0 Å². The summed E-state index contributed by atoms with van der Waals surface area (Å²) in [7, 11) is 0. The monoisotopic (exact) mass is 437 g/mol. The quantitative estimate of drug-likeness (QED) is 0.633. The lowest BCUT2D eigenvalue weighted by molar-refractivity contribution is -0.132. The highest BCUT2D eigenvalue weighted by Crippen LogP contribution is 2.64. The van der Waals surface area contributed by atoms with Crippen LogP contribution < -0.4 is 4.90 Å². The molecule has 3 aromatic carbocycles. The highest BCUT2D eigenvalue weighted by atomic mass is 16.4. The third-order valence-corrected chi connectivity index (χ3v) is 7.55. The van der Waals surface area contributed by atoms with Gasteiger partial charge < -0.3 is 5.11 Å². The van der Waals surface area contributed by atoms with Crippen LogP contribution in [0.5, 0.6) is 0 Å². The Morgan fingerprint density at radius 1 is 0.818 bits per heavy atom. The summed E-state index contributed by atoms with van der Waals surface area (Å²) in [4.78, 5) is 53.6. The molecule has 6 nitrogen and oxygen atoms in total. The van der Waals surface area contributed by atoms with Gasteiger partial charge in [0.15, 0.2) is 0 Å². The molecular formula is C27H19NO5. The molecule has 0 spiro atoms. The highest BCUT2D eigenvalue weighted by molar-refractivity contribution is 6.25. The number of aromatic carboxylic acids is 1. The van der Waals surface area contributed by atoms with Crippen molar-refractivity contribution in [3.05, 3.63) is 101 Å². The molecule has 0 aromatic heterocycles. The predicted molar refractivity (Wildman–Crippen MR) is 119 cm³/mol. The van der Waals surface area contributed by atoms with E-state index in [1.807, 2.05) is 48.5 Å². The Morgan fingerprint density at radius 3 is 1.88 bits per heavy atom. The first-order chi connectivity index (χ1) is 15.9. The number of carboxylic acid groups (broad SMARTS) is 1. The Hall–Kier alpha value is -4.06. The van der Waals surface area contributed by atoms with Crippen LogP contribution in [0.1, 0.15) is 45.5 Å². The number of carboxylic acids is 1. The Labute approximate surface area is 189 Å². The molecule has 0 unspecified atom stereocenters. The number of ketones is 1. The molecule has 2 amide bonds. The second kappa shape index (κ2) is 6.48. The fourth-order valence-electron chi connectivity index (χ4n) is 6.38. The lowest BCUT2D eigenvalue weighted by Gasteiger charge is -2.52. The number of benzene rings is 3. The maximum absolute atomic E-state index is 13.9. The van der Waals surface area contributed by atoms with Crippen LogP contribution in [0.3, 0.4) is 0 Å². The van der Waals surface area contributed by atoms with Crippen molar-refractivity contribution < 1.29 is 24.3 Å². The van der Waals surface area contributed by atoms with Crippen molar-refractivity contribution in [2.75, 3.05) is 4.90 Å². The molecule has 1 N–H and O–H groups in total. The summed E-state index contributed by atoms with van der Waals surface area (Å²) >= 11 is 0. The molecule has 0 radical (unpaired) electrons. The Balaban J connectivity index is 1.61. The number of anilines is 1. The van der Waals surface area contributed by atoms with Gasteiger partial charge in [-0.25, -0.2) is 9.69 Å². The van der Waals surface area contributed by atoms with Gasteiger partial charge in [-0.1, -0.05) is 48.5 Å². The summed E-state index contributed by atoms with van der Waals surface area (Å²) in [5.41, 5.74) is 2.56. The SMILES string of the molecule is CC(=O)C12c3ccccc3C(c3ccccc31)[C@@H]1C(=O)N(c3ccc(C(=O)O)cc3)C(=O)[C@@H]12. The van der Waals surface area contributed by atoms with E-state index < -0.39 is 29.1 Å². The van der Waals surface area contributed by atoms with Gasteiger partial charge in [-0.3, -0.25) is 14.4 Å². The van der Waals surface area contributed by atoms with Crippen LogP contribution in [0.4, 0.5) is 5.69 Å². The number of carbonyl (C=O) groups is 4. The molecule has 6 heteroatoms. The molecule has 1 fully saturated rings. The molecule has 2 bridgehead atoms. The van der Waals surface area contributed by atoms with Crippen molar-refractivity contribution in [1.29, 1.82) is 0 Å². The summed E-state index contributed by atoms with van der Waals surface area (Å²) in [5.74, 6) is -3.91. The summed E-state index contributed by atoms with van der Waals surface area (Å²) in [6, 6.07) is 20.9. The molecule has 3 aliphatic carbocycles. The molecule has 1 saturated heterocycles. The molecule has 7 rings (SSSR count). The Kier molecular flexibility index (Phi) is 3.85. The average Bonchev–Trinajstić information content (AvgIpc) is 3.09. The topological polar surface area (TPSA) is 91.8 Å². The van der Waals surface area contributed by atoms with Crippen LogP contribution >= 0.6 is 0 Å². The van der Waals surface area contributed by atoms with Crippen molar-refractivity contribution in [2.24, 2.45) is 11.8 Å². The van der Waals surface area contributed by atoms with Crippen LogP contribution in [0.25, 0.3) is 0 Å². The third-order valence-electron chi connectivity index (χ3n) is 7.55. The second-order valence-electron chi connectivity index (χ2n) is 8.88. The van der Waals surface area contributed by atoms with Gasteiger partial charge in [0.1, 0.15) is 5.78 Å². The van der Waals surface area contributed by atoms with Gasteiger partial charge in [0.05, 0.1) is 28.5 Å². The summed E-state index contributed by atoms with van der Waals surface area (Å²) in [6.07, 6.45) is 0. The van der Waals surface area contributed by atoms with E-state index in [0.29, 0.717) is 5.69 Å². The normalized spacial score (nSPS) is 26.6. The number of carbonyl (C=O) groups excluding carboxylic acids is 3. The van der Waals surface area contributed by atoms with E-state index in [1.165, 1.54) is 31.2 Å². The number of amides is 2.